The fourth-order valence-electron chi connectivity index (χ4n) is 3.59. The fourth-order valence-corrected chi connectivity index (χ4v) is 3.59. The monoisotopic (exact) mass is 418 g/mol. The lowest BCUT2D eigenvalue weighted by atomic mass is 9.74. The van der Waals surface area contributed by atoms with Crippen molar-refractivity contribution < 1.29 is 39.8 Å². The topological polar surface area (TPSA) is 137 Å². The molecule has 30 heavy (non-hydrogen) atoms. The summed E-state index contributed by atoms with van der Waals surface area (Å²) in [6.45, 7) is 4.14. The molecule has 0 aromatic heterocycles. The molecule has 2 aromatic carbocycles. The number of aromatic hydroxyl groups is 1. The van der Waals surface area contributed by atoms with E-state index in [1.165, 1.54) is 0 Å². The van der Waals surface area contributed by atoms with Crippen LogP contribution in [0.1, 0.15) is 31.4 Å². The minimum absolute atomic E-state index is 0.193. The number of carboxylic acids is 1. The summed E-state index contributed by atoms with van der Waals surface area (Å²) in [5, 5.41) is 48.4. The van der Waals surface area contributed by atoms with Crippen LogP contribution < -0.4 is 4.74 Å². The molecule has 2 aromatic rings. The number of aliphatic hydroxyl groups excluding tert-OH is 3. The average molecular weight is 418 g/mol. The fraction of sp³-hybridized carbons (Fsp3) is 0.409. The summed E-state index contributed by atoms with van der Waals surface area (Å²) in [7, 11) is 0. The number of ether oxygens (including phenoxy) is 2. The summed E-state index contributed by atoms with van der Waals surface area (Å²) in [4.78, 5) is 11.2. The Morgan fingerprint density at radius 3 is 2.00 bits per heavy atom. The van der Waals surface area contributed by atoms with Crippen molar-refractivity contribution in [3.05, 3.63) is 59.7 Å². The standard InChI is InChI=1S/C22H26O8/c1-3-22(2,12-4-8-14(23)9-5-12)13-6-10-15(11-7-13)29-21-18(26)16(24)17(25)19(30-21)20(27)28/h4-11,16-19,21,23-26H,3H2,1-2H3,(H,27,28)/t16-,17-,18+,19-,21+,22?/m0/s1. The maximum absolute atomic E-state index is 11.2. The zero-order valence-electron chi connectivity index (χ0n) is 16.7. The maximum Gasteiger partial charge on any atom is 0.335 e. The molecule has 0 bridgehead atoms. The van der Waals surface area contributed by atoms with Crippen molar-refractivity contribution in [1.29, 1.82) is 0 Å². The van der Waals surface area contributed by atoms with Gasteiger partial charge in [-0.2, -0.15) is 0 Å². The molecule has 5 N–H and O–H groups in total. The van der Waals surface area contributed by atoms with Gasteiger partial charge >= 0.3 is 5.97 Å². The van der Waals surface area contributed by atoms with Crippen molar-refractivity contribution in [3.63, 3.8) is 0 Å². The third kappa shape index (κ3) is 4.13. The van der Waals surface area contributed by atoms with Gasteiger partial charge in [0.05, 0.1) is 0 Å². The van der Waals surface area contributed by atoms with Crippen molar-refractivity contribution in [2.45, 2.75) is 56.4 Å². The lowest BCUT2D eigenvalue weighted by molar-refractivity contribution is -0.271. The van der Waals surface area contributed by atoms with E-state index in [1.54, 1.807) is 24.3 Å². The molecule has 1 saturated heterocycles. The van der Waals surface area contributed by atoms with E-state index in [1.807, 2.05) is 24.3 Å². The molecule has 0 aliphatic carbocycles. The van der Waals surface area contributed by atoms with E-state index in [9.17, 15) is 25.2 Å². The molecule has 8 heteroatoms. The summed E-state index contributed by atoms with van der Waals surface area (Å²) in [5.41, 5.74) is 1.71. The lowest BCUT2D eigenvalue weighted by Gasteiger charge is -2.38. The number of aliphatic hydroxyl groups is 3. The zero-order chi connectivity index (χ0) is 22.1. The van der Waals surface area contributed by atoms with Gasteiger partial charge in [-0.25, -0.2) is 4.79 Å². The number of carboxylic acid groups (broad SMARTS) is 1. The third-order valence-electron chi connectivity index (χ3n) is 5.77. The predicted octanol–water partition coefficient (Wildman–Crippen LogP) is 1.38. The molecule has 0 amide bonds. The van der Waals surface area contributed by atoms with Crippen LogP contribution >= 0.6 is 0 Å². The molecular weight excluding hydrogens is 392 g/mol. The molecule has 0 radical (unpaired) electrons. The first kappa shape index (κ1) is 22.0. The highest BCUT2D eigenvalue weighted by Gasteiger charge is 2.48. The third-order valence-corrected chi connectivity index (χ3v) is 5.77. The van der Waals surface area contributed by atoms with E-state index >= 15 is 0 Å². The molecule has 3 rings (SSSR count). The highest BCUT2D eigenvalue weighted by atomic mass is 16.7. The predicted molar refractivity (Wildman–Crippen MR) is 106 cm³/mol. The van der Waals surface area contributed by atoms with Crippen molar-refractivity contribution in [3.8, 4) is 11.5 Å². The van der Waals surface area contributed by atoms with Crippen LogP contribution in [0.2, 0.25) is 0 Å². The summed E-state index contributed by atoms with van der Waals surface area (Å²) in [6, 6.07) is 14.0. The largest absolute Gasteiger partial charge is 0.508 e. The molecule has 1 fully saturated rings. The van der Waals surface area contributed by atoms with Crippen molar-refractivity contribution >= 4 is 5.97 Å². The Bertz CT molecular complexity index is 866. The SMILES string of the molecule is CCC(C)(c1ccc(O)cc1)c1ccc(O[C@@H]2O[C@H](C(=O)O)[C@@H](O)[C@H](O)[C@H]2O)cc1. The van der Waals surface area contributed by atoms with Gasteiger partial charge in [0.2, 0.25) is 6.29 Å². The molecule has 0 saturated carbocycles. The van der Waals surface area contributed by atoms with Gasteiger partial charge in [-0.15, -0.1) is 0 Å². The van der Waals surface area contributed by atoms with Crippen LogP contribution in [0.15, 0.2) is 48.5 Å². The first-order chi connectivity index (χ1) is 14.2. The van der Waals surface area contributed by atoms with Gasteiger partial charge in [0.1, 0.15) is 29.8 Å². The van der Waals surface area contributed by atoms with Gasteiger partial charge in [0.15, 0.2) is 6.10 Å². The normalized spacial score (nSPS) is 28.5. The van der Waals surface area contributed by atoms with Crippen LogP contribution in [0, 0.1) is 0 Å². The Labute approximate surface area is 173 Å². The first-order valence-corrected chi connectivity index (χ1v) is 9.66. The number of hydrogen-bond acceptors (Lipinski definition) is 7. The quantitative estimate of drug-likeness (QED) is 0.475. The number of carbonyl (C=O) groups is 1. The van der Waals surface area contributed by atoms with E-state index in [0.29, 0.717) is 5.75 Å². The summed E-state index contributed by atoms with van der Waals surface area (Å²) in [6.07, 6.45) is -7.48. The summed E-state index contributed by atoms with van der Waals surface area (Å²) >= 11 is 0. The minimum Gasteiger partial charge on any atom is -0.508 e. The summed E-state index contributed by atoms with van der Waals surface area (Å²) < 4.78 is 10.7. The van der Waals surface area contributed by atoms with Crippen LogP contribution in [0.3, 0.4) is 0 Å². The maximum atomic E-state index is 11.2. The van der Waals surface area contributed by atoms with E-state index in [2.05, 4.69) is 13.8 Å². The molecule has 1 heterocycles. The van der Waals surface area contributed by atoms with Crippen LogP contribution in [-0.2, 0) is 14.9 Å². The molecular formula is C22H26O8. The van der Waals surface area contributed by atoms with Crippen molar-refractivity contribution in [2.75, 3.05) is 0 Å². The highest BCUT2D eigenvalue weighted by Crippen LogP contribution is 2.37. The van der Waals surface area contributed by atoms with E-state index in [0.717, 1.165) is 17.5 Å². The van der Waals surface area contributed by atoms with Crippen LogP contribution in [0.25, 0.3) is 0 Å². The van der Waals surface area contributed by atoms with Gasteiger partial charge < -0.3 is 35.0 Å². The Morgan fingerprint density at radius 1 is 0.967 bits per heavy atom. The van der Waals surface area contributed by atoms with Gasteiger partial charge in [-0.1, -0.05) is 38.1 Å². The second-order valence-corrected chi connectivity index (χ2v) is 7.61. The van der Waals surface area contributed by atoms with Crippen molar-refractivity contribution in [1.82, 2.24) is 0 Å². The van der Waals surface area contributed by atoms with Gasteiger partial charge in [0, 0.05) is 5.41 Å². The lowest BCUT2D eigenvalue weighted by Crippen LogP contribution is -2.61. The molecule has 162 valence electrons. The Kier molecular flexibility index (Phi) is 6.33. The van der Waals surface area contributed by atoms with Gasteiger partial charge in [0.25, 0.3) is 0 Å². The van der Waals surface area contributed by atoms with Gasteiger partial charge in [-0.05, 0) is 41.8 Å². The second kappa shape index (κ2) is 8.61. The Hall–Kier alpha value is -2.65. The average Bonchev–Trinajstić information content (AvgIpc) is 2.74. The highest BCUT2D eigenvalue weighted by molar-refractivity contribution is 5.73. The number of phenols is 1. The van der Waals surface area contributed by atoms with Gasteiger partial charge in [-0.3, -0.25) is 0 Å². The number of hydrogen-bond donors (Lipinski definition) is 5. The molecule has 0 spiro atoms. The van der Waals surface area contributed by atoms with E-state index < -0.39 is 36.7 Å². The molecule has 1 aliphatic heterocycles. The van der Waals surface area contributed by atoms with E-state index in [4.69, 9.17) is 14.6 Å². The Morgan fingerprint density at radius 2 is 1.50 bits per heavy atom. The number of benzene rings is 2. The first-order valence-electron chi connectivity index (χ1n) is 9.66. The smallest absolute Gasteiger partial charge is 0.335 e. The second-order valence-electron chi connectivity index (χ2n) is 7.61. The Balaban J connectivity index is 1.79. The number of aliphatic carboxylic acids is 1. The minimum atomic E-state index is -1.77. The zero-order valence-corrected chi connectivity index (χ0v) is 16.7. The molecule has 1 unspecified atom stereocenters. The molecule has 8 nitrogen and oxygen atoms in total. The van der Waals surface area contributed by atoms with Crippen molar-refractivity contribution in [2.24, 2.45) is 0 Å². The molecule has 1 aliphatic rings. The van der Waals surface area contributed by atoms with Crippen LogP contribution in [0.5, 0.6) is 11.5 Å². The van der Waals surface area contributed by atoms with Crippen LogP contribution in [0.4, 0.5) is 0 Å². The van der Waals surface area contributed by atoms with Crippen LogP contribution in [-0.4, -0.2) is 62.2 Å². The number of phenolic OH excluding ortho intramolecular Hbond substituents is 1. The van der Waals surface area contributed by atoms with E-state index in [-0.39, 0.29) is 11.2 Å². The molecule has 6 atom stereocenters. The summed E-state index contributed by atoms with van der Waals surface area (Å²) in [5.74, 6) is -0.969. The number of rotatable bonds is 6.